The molecule has 1 aromatic heterocycles. The molecule has 0 aromatic carbocycles. The molecule has 0 N–H and O–H groups in total. The highest BCUT2D eigenvalue weighted by molar-refractivity contribution is 9.10. The Morgan fingerprint density at radius 2 is 2.55 bits per heavy atom. The van der Waals surface area contributed by atoms with Gasteiger partial charge in [0.2, 0.25) is 4.73 Å². The first kappa shape index (κ1) is 8.12. The molecule has 0 bridgehead atoms. The second-order valence-electron chi connectivity index (χ2n) is 1.67. The zero-order valence-electron chi connectivity index (χ0n) is 5.69. The van der Waals surface area contributed by atoms with Gasteiger partial charge in [0.15, 0.2) is 6.54 Å². The van der Waals surface area contributed by atoms with Crippen LogP contribution in [0.1, 0.15) is 0 Å². The van der Waals surface area contributed by atoms with Gasteiger partial charge in [0.05, 0.1) is 7.11 Å². The summed E-state index contributed by atoms with van der Waals surface area (Å²) in [4.78, 5) is 11.8. The van der Waals surface area contributed by atoms with Crippen LogP contribution in [0.3, 0.4) is 0 Å². The first-order valence-electron chi connectivity index (χ1n) is 2.72. The number of rotatable bonds is 2. The van der Waals surface area contributed by atoms with Crippen LogP contribution in [-0.2, 0) is 16.1 Å². The number of nitrogens with zero attached hydrogens (tertiary/aromatic N) is 4. The lowest BCUT2D eigenvalue weighted by Crippen LogP contribution is -2.13. The van der Waals surface area contributed by atoms with Gasteiger partial charge < -0.3 is 4.74 Å². The molecule has 6 nitrogen and oxygen atoms in total. The Balaban J connectivity index is 2.57. The van der Waals surface area contributed by atoms with Crippen LogP contribution in [0.15, 0.2) is 4.73 Å². The molecule has 0 fully saturated rings. The number of halogens is 1. The van der Waals surface area contributed by atoms with Gasteiger partial charge in [-0.25, -0.2) is 4.79 Å². The summed E-state index contributed by atoms with van der Waals surface area (Å²) in [5.41, 5.74) is 0. The SMILES string of the molecule is COC(=O)Cn1nnc(Br)n1. The monoisotopic (exact) mass is 220 g/mol. The first-order chi connectivity index (χ1) is 5.22. The number of carbonyl (C=O) groups is 1. The van der Waals surface area contributed by atoms with Gasteiger partial charge in [-0.05, 0) is 21.1 Å². The van der Waals surface area contributed by atoms with Crippen molar-refractivity contribution in [2.45, 2.75) is 6.54 Å². The van der Waals surface area contributed by atoms with E-state index in [9.17, 15) is 4.79 Å². The molecule has 60 valence electrons. The van der Waals surface area contributed by atoms with E-state index < -0.39 is 5.97 Å². The Morgan fingerprint density at radius 3 is 3.00 bits per heavy atom. The number of esters is 1. The van der Waals surface area contributed by atoms with E-state index in [1.165, 1.54) is 7.11 Å². The maximum Gasteiger partial charge on any atom is 0.329 e. The third-order valence-electron chi connectivity index (χ3n) is 0.927. The van der Waals surface area contributed by atoms with E-state index in [-0.39, 0.29) is 6.54 Å². The highest BCUT2D eigenvalue weighted by Gasteiger charge is 2.04. The minimum Gasteiger partial charge on any atom is -0.468 e. The Labute approximate surface area is 70.7 Å². The van der Waals surface area contributed by atoms with Crippen molar-refractivity contribution in [3.8, 4) is 0 Å². The van der Waals surface area contributed by atoms with Gasteiger partial charge in [-0.2, -0.15) is 4.80 Å². The molecule has 1 rings (SSSR count). The normalized spacial score (nSPS) is 9.64. The summed E-state index contributed by atoms with van der Waals surface area (Å²) in [6.07, 6.45) is 0. The lowest BCUT2D eigenvalue weighted by molar-refractivity contribution is -0.141. The molecule has 0 atom stereocenters. The summed E-state index contributed by atoms with van der Waals surface area (Å²) in [6, 6.07) is 0. The summed E-state index contributed by atoms with van der Waals surface area (Å²) in [5, 5.41) is 10.7. The third-order valence-corrected chi connectivity index (χ3v) is 1.24. The zero-order valence-corrected chi connectivity index (χ0v) is 7.28. The van der Waals surface area contributed by atoms with Gasteiger partial charge in [0.25, 0.3) is 0 Å². The van der Waals surface area contributed by atoms with E-state index in [2.05, 4.69) is 36.1 Å². The van der Waals surface area contributed by atoms with Crippen LogP contribution in [0.4, 0.5) is 0 Å². The number of aromatic nitrogens is 4. The molecule has 0 aliphatic heterocycles. The Morgan fingerprint density at radius 1 is 1.82 bits per heavy atom. The molecule has 1 aromatic rings. The predicted octanol–water partition coefficient (Wildman–Crippen LogP) is -0.391. The minimum atomic E-state index is -0.407. The molecule has 0 amide bonds. The fraction of sp³-hybridized carbons (Fsp3) is 0.500. The molecule has 0 aliphatic carbocycles. The molecule has 0 radical (unpaired) electrons. The van der Waals surface area contributed by atoms with Crippen LogP contribution >= 0.6 is 15.9 Å². The van der Waals surface area contributed by atoms with Crippen LogP contribution in [0.5, 0.6) is 0 Å². The van der Waals surface area contributed by atoms with E-state index in [0.29, 0.717) is 4.73 Å². The van der Waals surface area contributed by atoms with Crippen molar-refractivity contribution in [2.24, 2.45) is 0 Å². The highest BCUT2D eigenvalue weighted by Crippen LogP contribution is 1.95. The summed E-state index contributed by atoms with van der Waals surface area (Å²) in [7, 11) is 1.30. The summed E-state index contributed by atoms with van der Waals surface area (Å²) < 4.78 is 4.73. The molecule has 11 heavy (non-hydrogen) atoms. The Bertz CT molecular complexity index is 260. The third kappa shape index (κ3) is 2.26. The van der Waals surface area contributed by atoms with Gasteiger partial charge >= 0.3 is 5.97 Å². The Hall–Kier alpha value is -0.980. The number of hydrogen-bond acceptors (Lipinski definition) is 5. The topological polar surface area (TPSA) is 69.9 Å². The second kappa shape index (κ2) is 3.42. The summed E-state index contributed by atoms with van der Waals surface area (Å²) in [5.74, 6) is -0.407. The zero-order chi connectivity index (χ0) is 8.27. The molecule has 0 spiro atoms. The van der Waals surface area contributed by atoms with Crippen molar-refractivity contribution >= 4 is 21.9 Å². The van der Waals surface area contributed by atoms with E-state index in [1.807, 2.05) is 0 Å². The number of hydrogen-bond donors (Lipinski definition) is 0. The number of carbonyl (C=O) groups excluding carboxylic acids is 1. The van der Waals surface area contributed by atoms with Crippen molar-refractivity contribution in [3.05, 3.63) is 4.73 Å². The molecule has 0 saturated heterocycles. The lowest BCUT2D eigenvalue weighted by Gasteiger charge is -1.94. The quantitative estimate of drug-likeness (QED) is 0.636. The largest absolute Gasteiger partial charge is 0.468 e. The van der Waals surface area contributed by atoms with E-state index >= 15 is 0 Å². The van der Waals surface area contributed by atoms with Gasteiger partial charge in [0, 0.05) is 0 Å². The first-order valence-corrected chi connectivity index (χ1v) is 3.52. The highest BCUT2D eigenvalue weighted by atomic mass is 79.9. The molecular weight excluding hydrogens is 216 g/mol. The smallest absolute Gasteiger partial charge is 0.329 e. The van der Waals surface area contributed by atoms with Crippen LogP contribution in [0.25, 0.3) is 0 Å². The van der Waals surface area contributed by atoms with Crippen LogP contribution in [0, 0.1) is 0 Å². The standard InChI is InChI=1S/C4H5BrN4O2/c1-11-3(10)2-9-7-4(5)6-8-9/h2H2,1H3. The molecule has 1 heterocycles. The van der Waals surface area contributed by atoms with Crippen molar-refractivity contribution in [3.63, 3.8) is 0 Å². The van der Waals surface area contributed by atoms with Crippen molar-refractivity contribution in [1.82, 2.24) is 20.2 Å². The molecule has 0 aliphatic rings. The average molecular weight is 221 g/mol. The minimum absolute atomic E-state index is 0.0188. The van der Waals surface area contributed by atoms with Gasteiger partial charge in [-0.1, -0.05) is 0 Å². The summed E-state index contributed by atoms with van der Waals surface area (Å²) in [6.45, 7) is -0.0188. The van der Waals surface area contributed by atoms with Crippen molar-refractivity contribution in [2.75, 3.05) is 7.11 Å². The molecule has 7 heteroatoms. The number of tetrazole rings is 1. The number of methoxy groups -OCH3 is 1. The summed E-state index contributed by atoms with van der Waals surface area (Å²) >= 11 is 2.99. The average Bonchev–Trinajstić information content (AvgIpc) is 2.35. The van der Waals surface area contributed by atoms with Gasteiger partial charge in [-0.15, -0.1) is 10.2 Å². The second-order valence-corrected chi connectivity index (χ2v) is 2.37. The van der Waals surface area contributed by atoms with Gasteiger partial charge in [0.1, 0.15) is 0 Å². The fourth-order valence-electron chi connectivity index (χ4n) is 0.471. The number of ether oxygens (including phenoxy) is 1. The Kier molecular flexibility index (Phi) is 2.53. The van der Waals surface area contributed by atoms with Crippen molar-refractivity contribution in [1.29, 1.82) is 0 Å². The fourth-order valence-corrected chi connectivity index (χ4v) is 0.725. The van der Waals surface area contributed by atoms with Crippen LogP contribution in [0.2, 0.25) is 0 Å². The van der Waals surface area contributed by atoms with Crippen LogP contribution in [-0.4, -0.2) is 33.3 Å². The predicted molar refractivity (Wildman–Crippen MR) is 37.5 cm³/mol. The maximum atomic E-state index is 10.6. The lowest BCUT2D eigenvalue weighted by atomic mass is 10.7. The molecule has 0 saturated carbocycles. The van der Waals surface area contributed by atoms with Crippen molar-refractivity contribution < 1.29 is 9.53 Å². The van der Waals surface area contributed by atoms with Crippen LogP contribution < -0.4 is 0 Å². The van der Waals surface area contributed by atoms with E-state index in [0.717, 1.165) is 4.80 Å². The van der Waals surface area contributed by atoms with Gasteiger partial charge in [-0.3, -0.25) is 0 Å². The van der Waals surface area contributed by atoms with E-state index in [4.69, 9.17) is 0 Å². The molecular formula is C4H5BrN4O2. The molecule has 0 unspecified atom stereocenters. The van der Waals surface area contributed by atoms with E-state index in [1.54, 1.807) is 0 Å². The maximum absolute atomic E-state index is 10.6.